The zero-order valence-electron chi connectivity index (χ0n) is 39.7. The van der Waals surface area contributed by atoms with E-state index < -0.39 is 0 Å². The summed E-state index contributed by atoms with van der Waals surface area (Å²) in [6.07, 6.45) is 0. The van der Waals surface area contributed by atoms with Crippen molar-refractivity contribution < 1.29 is 0 Å². The van der Waals surface area contributed by atoms with E-state index in [-0.39, 0.29) is 6.85 Å². The minimum atomic E-state index is -0.220. The number of rotatable bonds is 8. The number of anilines is 8. The molecule has 72 heavy (non-hydrogen) atoms. The van der Waals surface area contributed by atoms with Crippen LogP contribution in [-0.4, -0.2) is 6.85 Å². The first-order chi connectivity index (χ1) is 35.6. The molecule has 0 bridgehead atoms. The lowest BCUT2D eigenvalue weighted by molar-refractivity contribution is 1.24. The van der Waals surface area contributed by atoms with Gasteiger partial charge in [-0.25, -0.2) is 0 Å². The van der Waals surface area contributed by atoms with Crippen molar-refractivity contribution in [3.63, 3.8) is 0 Å². The molecule has 5 heteroatoms. The van der Waals surface area contributed by atoms with Gasteiger partial charge in [-0.05, 0) is 153 Å². The van der Waals surface area contributed by atoms with Crippen LogP contribution in [0.25, 0.3) is 64.7 Å². The molecule has 0 fully saturated rings. The van der Waals surface area contributed by atoms with Gasteiger partial charge in [-0.2, -0.15) is 0 Å². The topological polar surface area (TPSA) is 9.72 Å². The SMILES string of the molecule is Cc1cc(-c2ccccc2)ccc1N1c2ccc(N(c3ccccc3)c3ccccc3)cc2B2c3c(cc4sc5ccccc5c4c31)-c1cc(-c3ccccc3)ccc1N2c1cccc(-c2ccccc2)c1. The van der Waals surface area contributed by atoms with Crippen LogP contribution in [0.3, 0.4) is 0 Å². The maximum Gasteiger partial charge on any atom is 0.333 e. The van der Waals surface area contributed by atoms with Crippen LogP contribution in [0.4, 0.5) is 45.5 Å². The first-order valence-electron chi connectivity index (χ1n) is 24.8. The molecule has 0 saturated carbocycles. The normalized spacial score (nSPS) is 12.4. The summed E-state index contributed by atoms with van der Waals surface area (Å²) in [5, 5.41) is 2.56. The third-order valence-electron chi connectivity index (χ3n) is 14.7. The van der Waals surface area contributed by atoms with Crippen LogP contribution < -0.4 is 25.5 Å². The lowest BCUT2D eigenvalue weighted by atomic mass is 9.43. The van der Waals surface area contributed by atoms with E-state index in [0.29, 0.717) is 0 Å². The van der Waals surface area contributed by atoms with Gasteiger partial charge in [0, 0.05) is 65.5 Å². The molecule has 1 aromatic heterocycles. The van der Waals surface area contributed by atoms with Gasteiger partial charge >= 0.3 is 6.85 Å². The van der Waals surface area contributed by atoms with Gasteiger partial charge in [-0.1, -0.05) is 170 Å². The highest BCUT2D eigenvalue weighted by atomic mass is 32.1. The van der Waals surface area contributed by atoms with E-state index in [4.69, 9.17) is 0 Å². The minimum absolute atomic E-state index is 0.220. The summed E-state index contributed by atoms with van der Waals surface area (Å²) in [4.78, 5) is 7.68. The van der Waals surface area contributed by atoms with E-state index in [1.807, 2.05) is 11.3 Å². The summed E-state index contributed by atoms with van der Waals surface area (Å²) in [5.41, 5.74) is 22.6. The fraction of sp³-hybridized carbons (Fsp3) is 0.0149. The predicted molar refractivity (Wildman–Crippen MR) is 309 cm³/mol. The highest BCUT2D eigenvalue weighted by Gasteiger charge is 2.47. The van der Waals surface area contributed by atoms with Crippen LogP contribution in [0.2, 0.25) is 0 Å². The van der Waals surface area contributed by atoms with Gasteiger partial charge in [-0.3, -0.25) is 0 Å². The van der Waals surface area contributed by atoms with E-state index >= 15 is 0 Å². The number of fused-ring (bicyclic) bond motifs is 8. The lowest BCUT2D eigenvalue weighted by Gasteiger charge is -2.46. The lowest BCUT2D eigenvalue weighted by Crippen LogP contribution is -2.61. The molecule has 0 aliphatic carbocycles. The van der Waals surface area contributed by atoms with Crippen LogP contribution in [0, 0.1) is 6.92 Å². The van der Waals surface area contributed by atoms with Gasteiger partial charge < -0.3 is 14.6 Å². The Kier molecular flexibility index (Phi) is 10.0. The fourth-order valence-corrected chi connectivity index (χ4v) is 12.6. The van der Waals surface area contributed by atoms with Crippen molar-refractivity contribution in [2.24, 2.45) is 0 Å². The van der Waals surface area contributed by atoms with Crippen molar-refractivity contribution in [3.8, 4) is 44.5 Å². The molecule has 0 spiro atoms. The van der Waals surface area contributed by atoms with Gasteiger partial charge in [0.1, 0.15) is 0 Å². The Morgan fingerprint density at radius 1 is 0.389 bits per heavy atom. The zero-order chi connectivity index (χ0) is 47.7. The number of thiophene rings is 1. The monoisotopic (exact) mass is 935 g/mol. The first kappa shape index (κ1) is 42.0. The molecule has 11 aromatic carbocycles. The summed E-state index contributed by atoms with van der Waals surface area (Å²) in [5.74, 6) is 0. The number of benzene rings is 11. The van der Waals surface area contributed by atoms with Crippen molar-refractivity contribution in [2.45, 2.75) is 6.92 Å². The van der Waals surface area contributed by atoms with E-state index in [2.05, 4.69) is 282 Å². The number of aryl methyl sites for hydroxylation is 1. The van der Waals surface area contributed by atoms with E-state index in [0.717, 1.165) is 34.1 Å². The number of nitrogens with zero attached hydrogens (tertiary/aromatic N) is 3. The second-order valence-corrected chi connectivity index (χ2v) is 20.0. The molecule has 0 N–H and O–H groups in total. The Bertz CT molecular complexity index is 3970. The fourth-order valence-electron chi connectivity index (χ4n) is 11.5. The molecule has 0 saturated heterocycles. The van der Waals surface area contributed by atoms with Crippen molar-refractivity contribution >= 4 is 94.8 Å². The van der Waals surface area contributed by atoms with E-state index in [9.17, 15) is 0 Å². The number of hydrogen-bond donors (Lipinski definition) is 0. The standard InChI is InChI=1S/C67H46BN3S/c1-45-40-50(47-22-9-3-10-23-47)34-37-60(45)70-62-39-36-54(69(52-27-13-5-14-28-52)53-29-15-6-16-30-53)43-59(62)68-66-58(44-64-65(67(66)70)56-32-17-18-33-63(56)72-64)57-42-51(48-24-11-4-12-25-48)35-38-61(57)71(68)55-31-19-26-49(41-55)46-20-7-2-8-21-46/h2-44H,1H3. The molecule has 0 atom stereocenters. The van der Waals surface area contributed by atoms with Gasteiger partial charge in [0.05, 0.1) is 5.69 Å². The Balaban J connectivity index is 1.12. The Morgan fingerprint density at radius 3 is 1.57 bits per heavy atom. The van der Waals surface area contributed by atoms with Gasteiger partial charge in [0.15, 0.2) is 0 Å². The molecule has 0 radical (unpaired) electrons. The van der Waals surface area contributed by atoms with Crippen molar-refractivity contribution in [1.29, 1.82) is 0 Å². The molecule has 3 nitrogen and oxygen atoms in total. The third-order valence-corrected chi connectivity index (χ3v) is 15.8. The van der Waals surface area contributed by atoms with Crippen LogP contribution >= 0.6 is 11.3 Å². The Labute approximate surface area is 424 Å². The summed E-state index contributed by atoms with van der Waals surface area (Å²) < 4.78 is 2.56. The second-order valence-electron chi connectivity index (χ2n) is 18.9. The average Bonchev–Trinajstić information content (AvgIpc) is 3.84. The molecule has 338 valence electrons. The van der Waals surface area contributed by atoms with Crippen LogP contribution in [0.5, 0.6) is 0 Å². The van der Waals surface area contributed by atoms with Crippen LogP contribution in [0.1, 0.15) is 5.56 Å². The van der Waals surface area contributed by atoms with Gasteiger partial charge in [0.2, 0.25) is 0 Å². The van der Waals surface area contributed by atoms with Gasteiger partial charge in [-0.15, -0.1) is 11.3 Å². The third kappa shape index (κ3) is 6.88. The van der Waals surface area contributed by atoms with Crippen LogP contribution in [0.15, 0.2) is 261 Å². The molecule has 2 aliphatic heterocycles. The minimum Gasteiger partial charge on any atom is -0.376 e. The van der Waals surface area contributed by atoms with Crippen molar-refractivity contribution in [3.05, 3.63) is 266 Å². The Hall–Kier alpha value is -8.90. The highest BCUT2D eigenvalue weighted by molar-refractivity contribution is 7.26. The maximum atomic E-state index is 2.66. The number of para-hydroxylation sites is 2. The first-order valence-corrected chi connectivity index (χ1v) is 25.6. The summed E-state index contributed by atoms with van der Waals surface area (Å²) in [6.45, 7) is 2.07. The van der Waals surface area contributed by atoms with Crippen molar-refractivity contribution in [1.82, 2.24) is 0 Å². The molecule has 12 aromatic rings. The summed E-state index contributed by atoms with van der Waals surface area (Å²) in [7, 11) is 0. The smallest absolute Gasteiger partial charge is 0.333 e. The molecule has 14 rings (SSSR count). The highest BCUT2D eigenvalue weighted by Crippen LogP contribution is 2.53. The average molecular weight is 936 g/mol. The van der Waals surface area contributed by atoms with E-state index in [1.54, 1.807) is 0 Å². The molecular weight excluding hydrogens is 890 g/mol. The zero-order valence-corrected chi connectivity index (χ0v) is 40.5. The molecular formula is C67H46BN3S. The quantitative estimate of drug-likeness (QED) is 0.141. The summed E-state index contributed by atoms with van der Waals surface area (Å²) >= 11 is 1.90. The summed E-state index contributed by atoms with van der Waals surface area (Å²) in [6, 6.07) is 96.1. The largest absolute Gasteiger partial charge is 0.376 e. The molecule has 3 heterocycles. The maximum absolute atomic E-state index is 2.66. The van der Waals surface area contributed by atoms with Crippen LogP contribution in [-0.2, 0) is 0 Å². The molecule has 0 unspecified atom stereocenters. The molecule has 2 aliphatic rings. The predicted octanol–water partition coefficient (Wildman–Crippen LogP) is 17.5. The Morgan fingerprint density at radius 2 is 0.931 bits per heavy atom. The molecule has 0 amide bonds. The number of hydrogen-bond acceptors (Lipinski definition) is 4. The van der Waals surface area contributed by atoms with Crippen molar-refractivity contribution in [2.75, 3.05) is 14.6 Å². The van der Waals surface area contributed by atoms with Gasteiger partial charge in [0.25, 0.3) is 0 Å². The van der Waals surface area contributed by atoms with E-state index in [1.165, 1.54) is 92.5 Å². The second kappa shape index (κ2) is 17.2.